The molecule has 0 aromatic heterocycles. The van der Waals surface area contributed by atoms with Crippen molar-refractivity contribution in [2.45, 2.75) is 45.6 Å². The third-order valence-corrected chi connectivity index (χ3v) is 2.44. The van der Waals surface area contributed by atoms with Crippen LogP contribution in [0.1, 0.15) is 33.6 Å². The molecule has 0 aromatic carbocycles. The minimum atomic E-state index is -2.90. The summed E-state index contributed by atoms with van der Waals surface area (Å²) in [6, 6.07) is -0.0766. The summed E-state index contributed by atoms with van der Waals surface area (Å²) in [5, 5.41) is 2.53. The average Bonchev–Trinajstić information content (AvgIpc) is 2.60. The zero-order valence-corrected chi connectivity index (χ0v) is 8.16. The summed E-state index contributed by atoms with van der Waals surface area (Å²) >= 11 is 0. The van der Waals surface area contributed by atoms with Gasteiger partial charge < -0.3 is 5.32 Å². The summed E-state index contributed by atoms with van der Waals surface area (Å²) in [5.74, 6) is -3.40. The Labute approximate surface area is 76.7 Å². The first-order valence-corrected chi connectivity index (χ1v) is 4.48. The second-order valence-electron chi connectivity index (χ2n) is 4.10. The molecule has 0 aliphatic heterocycles. The van der Waals surface area contributed by atoms with Gasteiger partial charge in [0.1, 0.15) is 5.41 Å². The Morgan fingerprint density at radius 1 is 1.46 bits per heavy atom. The van der Waals surface area contributed by atoms with E-state index >= 15 is 0 Å². The van der Waals surface area contributed by atoms with E-state index in [1.165, 1.54) is 0 Å². The van der Waals surface area contributed by atoms with Crippen LogP contribution in [0.2, 0.25) is 0 Å². The summed E-state index contributed by atoms with van der Waals surface area (Å²) in [6.07, 6.45) is 0.601. The SMILES string of the molecule is CC(C)NC(=O)C1(C(C)(F)F)CC1. The maximum atomic E-state index is 13.0. The Bertz CT molecular complexity index is 216. The van der Waals surface area contributed by atoms with Gasteiger partial charge in [0.2, 0.25) is 5.91 Å². The largest absolute Gasteiger partial charge is 0.353 e. The number of amides is 1. The molecule has 0 heterocycles. The number of hydrogen-bond acceptors (Lipinski definition) is 1. The van der Waals surface area contributed by atoms with Gasteiger partial charge in [0.15, 0.2) is 0 Å². The number of hydrogen-bond donors (Lipinski definition) is 1. The van der Waals surface area contributed by atoms with Gasteiger partial charge in [0.25, 0.3) is 5.92 Å². The molecule has 0 radical (unpaired) electrons. The molecule has 1 saturated carbocycles. The van der Waals surface area contributed by atoms with Crippen LogP contribution in [0.15, 0.2) is 0 Å². The normalized spacial score (nSPS) is 20.2. The summed E-state index contributed by atoms with van der Waals surface area (Å²) in [5.41, 5.74) is -1.41. The van der Waals surface area contributed by atoms with E-state index in [0.29, 0.717) is 12.8 Å². The van der Waals surface area contributed by atoms with Crippen molar-refractivity contribution in [1.82, 2.24) is 5.32 Å². The number of carbonyl (C=O) groups excluding carboxylic acids is 1. The number of nitrogens with one attached hydrogen (secondary N) is 1. The lowest BCUT2D eigenvalue weighted by atomic mass is 9.98. The van der Waals surface area contributed by atoms with Crippen molar-refractivity contribution in [3.05, 3.63) is 0 Å². The van der Waals surface area contributed by atoms with E-state index in [9.17, 15) is 13.6 Å². The maximum absolute atomic E-state index is 13.0. The minimum absolute atomic E-state index is 0.0766. The highest BCUT2D eigenvalue weighted by Gasteiger charge is 2.64. The lowest BCUT2D eigenvalue weighted by Gasteiger charge is -2.23. The smallest absolute Gasteiger partial charge is 0.259 e. The Hall–Kier alpha value is -0.670. The zero-order valence-electron chi connectivity index (χ0n) is 8.16. The van der Waals surface area contributed by atoms with Gasteiger partial charge >= 0.3 is 0 Å². The van der Waals surface area contributed by atoms with Crippen LogP contribution in [0, 0.1) is 5.41 Å². The van der Waals surface area contributed by atoms with Gasteiger partial charge in [-0.1, -0.05) is 0 Å². The Morgan fingerprint density at radius 2 is 1.92 bits per heavy atom. The Balaban J connectivity index is 2.66. The lowest BCUT2D eigenvalue weighted by Crippen LogP contribution is -2.44. The maximum Gasteiger partial charge on any atom is 0.259 e. The van der Waals surface area contributed by atoms with Crippen molar-refractivity contribution in [3.8, 4) is 0 Å². The highest BCUT2D eigenvalue weighted by atomic mass is 19.3. The first kappa shape index (κ1) is 10.4. The number of halogens is 2. The van der Waals surface area contributed by atoms with Crippen LogP contribution in [0.3, 0.4) is 0 Å². The molecule has 1 fully saturated rings. The number of alkyl halides is 2. The van der Waals surface area contributed by atoms with Crippen molar-refractivity contribution >= 4 is 5.91 Å². The first-order chi connectivity index (χ1) is 5.79. The van der Waals surface area contributed by atoms with Gasteiger partial charge in [-0.3, -0.25) is 4.79 Å². The predicted molar refractivity (Wildman–Crippen MR) is 45.6 cm³/mol. The Morgan fingerprint density at radius 3 is 2.15 bits per heavy atom. The van der Waals surface area contributed by atoms with Crippen LogP contribution < -0.4 is 5.32 Å². The predicted octanol–water partition coefficient (Wildman–Crippen LogP) is 1.95. The molecule has 1 amide bonds. The molecule has 2 nitrogen and oxygen atoms in total. The van der Waals surface area contributed by atoms with E-state index in [1.807, 2.05) is 0 Å². The molecule has 0 aromatic rings. The quantitative estimate of drug-likeness (QED) is 0.725. The van der Waals surface area contributed by atoms with Crippen LogP contribution in [0.4, 0.5) is 8.78 Å². The second-order valence-corrected chi connectivity index (χ2v) is 4.10. The third-order valence-electron chi connectivity index (χ3n) is 2.44. The van der Waals surface area contributed by atoms with E-state index in [4.69, 9.17) is 0 Å². The molecular weight excluding hydrogens is 176 g/mol. The highest BCUT2D eigenvalue weighted by molar-refractivity contribution is 5.86. The van der Waals surface area contributed by atoms with Crippen LogP contribution >= 0.6 is 0 Å². The van der Waals surface area contributed by atoms with E-state index in [0.717, 1.165) is 6.92 Å². The van der Waals surface area contributed by atoms with Crippen molar-refractivity contribution < 1.29 is 13.6 Å². The van der Waals surface area contributed by atoms with E-state index in [2.05, 4.69) is 5.32 Å². The molecule has 13 heavy (non-hydrogen) atoms. The van der Waals surface area contributed by atoms with Gasteiger partial charge in [0, 0.05) is 13.0 Å². The van der Waals surface area contributed by atoms with E-state index in [-0.39, 0.29) is 6.04 Å². The van der Waals surface area contributed by atoms with Gasteiger partial charge in [-0.2, -0.15) is 0 Å². The highest BCUT2D eigenvalue weighted by Crippen LogP contribution is 2.56. The fraction of sp³-hybridized carbons (Fsp3) is 0.889. The van der Waals surface area contributed by atoms with E-state index < -0.39 is 17.2 Å². The molecule has 1 aliphatic carbocycles. The van der Waals surface area contributed by atoms with Crippen LogP contribution in [0.5, 0.6) is 0 Å². The molecule has 0 atom stereocenters. The summed E-state index contributed by atoms with van der Waals surface area (Å²) in [7, 11) is 0. The molecule has 1 aliphatic rings. The topological polar surface area (TPSA) is 29.1 Å². The molecule has 0 spiro atoms. The van der Waals surface area contributed by atoms with Crippen molar-refractivity contribution in [3.63, 3.8) is 0 Å². The summed E-state index contributed by atoms with van der Waals surface area (Å²) < 4.78 is 26.0. The van der Waals surface area contributed by atoms with Crippen molar-refractivity contribution in [2.75, 3.05) is 0 Å². The molecular formula is C9H15F2NO. The second kappa shape index (κ2) is 2.93. The first-order valence-electron chi connectivity index (χ1n) is 4.48. The van der Waals surface area contributed by atoms with Gasteiger partial charge in [-0.25, -0.2) is 8.78 Å². The summed E-state index contributed by atoms with van der Waals surface area (Å²) in [6.45, 7) is 4.35. The molecule has 1 N–H and O–H groups in total. The molecule has 76 valence electrons. The molecule has 0 saturated heterocycles. The Kier molecular flexibility index (Phi) is 2.34. The van der Waals surface area contributed by atoms with Crippen LogP contribution in [-0.4, -0.2) is 17.9 Å². The zero-order chi connectivity index (χ0) is 10.3. The van der Waals surface area contributed by atoms with Gasteiger partial charge in [-0.05, 0) is 26.7 Å². The molecule has 0 bridgehead atoms. The van der Waals surface area contributed by atoms with Gasteiger partial charge in [0.05, 0.1) is 0 Å². The summed E-state index contributed by atoms with van der Waals surface area (Å²) in [4.78, 5) is 11.4. The standard InChI is InChI=1S/C9H15F2NO/c1-6(2)12-7(13)9(4-5-9)8(3,10)11/h6H,4-5H2,1-3H3,(H,12,13). The average molecular weight is 191 g/mol. The molecule has 4 heteroatoms. The van der Waals surface area contributed by atoms with Crippen molar-refractivity contribution in [1.29, 1.82) is 0 Å². The minimum Gasteiger partial charge on any atom is -0.353 e. The van der Waals surface area contributed by atoms with E-state index in [1.54, 1.807) is 13.8 Å². The van der Waals surface area contributed by atoms with Gasteiger partial charge in [-0.15, -0.1) is 0 Å². The third kappa shape index (κ3) is 1.81. The number of rotatable bonds is 3. The fourth-order valence-electron chi connectivity index (χ4n) is 1.39. The lowest BCUT2D eigenvalue weighted by molar-refractivity contribution is -0.142. The monoisotopic (exact) mass is 191 g/mol. The molecule has 0 unspecified atom stereocenters. The van der Waals surface area contributed by atoms with Crippen LogP contribution in [-0.2, 0) is 4.79 Å². The van der Waals surface area contributed by atoms with Crippen LogP contribution in [0.25, 0.3) is 0 Å². The molecule has 1 rings (SSSR count). The fourth-order valence-corrected chi connectivity index (χ4v) is 1.39. The number of carbonyl (C=O) groups is 1. The van der Waals surface area contributed by atoms with Crippen molar-refractivity contribution in [2.24, 2.45) is 5.41 Å².